The highest BCUT2D eigenvalue weighted by Crippen LogP contribution is 2.23. The van der Waals surface area contributed by atoms with Crippen molar-refractivity contribution >= 4 is 17.2 Å². The number of hydrazine groups is 1. The van der Waals surface area contributed by atoms with E-state index in [2.05, 4.69) is 64.0 Å². The minimum atomic E-state index is 0.930. The zero-order valence-corrected chi connectivity index (χ0v) is 11.5. The van der Waals surface area contributed by atoms with Crippen LogP contribution in [0.2, 0.25) is 0 Å². The van der Waals surface area contributed by atoms with Gasteiger partial charge in [0.05, 0.1) is 11.4 Å². The number of hydrogen-bond acceptors (Lipinski definition) is 3. The number of para-hydroxylation sites is 2. The summed E-state index contributed by atoms with van der Waals surface area (Å²) in [6.45, 7) is 0.930. The minimum Gasteiger partial charge on any atom is -0.281 e. The standard InChI is InChI=1S/C17H19N3/c1-3-9-15(10-4-1)20(16-11-5-2-6-12-16)19-17-13-7-8-14-18-17/h1-6,9-12H,7-8,13-14H2,(H,18,19). The zero-order valence-electron chi connectivity index (χ0n) is 11.5. The normalized spacial score (nSPS) is 14.5. The molecule has 0 aliphatic carbocycles. The Morgan fingerprint density at radius 3 is 1.90 bits per heavy atom. The molecule has 0 bridgehead atoms. The Morgan fingerprint density at radius 1 is 0.800 bits per heavy atom. The molecule has 0 fully saturated rings. The molecule has 20 heavy (non-hydrogen) atoms. The van der Waals surface area contributed by atoms with Gasteiger partial charge in [0.1, 0.15) is 5.84 Å². The quantitative estimate of drug-likeness (QED) is 0.852. The lowest BCUT2D eigenvalue weighted by molar-refractivity contribution is 0.709. The summed E-state index contributed by atoms with van der Waals surface area (Å²) in [5, 5.41) is 2.10. The molecule has 1 aliphatic rings. The summed E-state index contributed by atoms with van der Waals surface area (Å²) in [5.41, 5.74) is 5.71. The molecule has 1 aliphatic heterocycles. The van der Waals surface area contributed by atoms with Crippen LogP contribution in [0.3, 0.4) is 0 Å². The molecule has 2 aromatic carbocycles. The number of benzene rings is 2. The van der Waals surface area contributed by atoms with Crippen molar-refractivity contribution in [2.24, 2.45) is 4.99 Å². The first kappa shape index (κ1) is 12.7. The Morgan fingerprint density at radius 2 is 1.40 bits per heavy atom. The van der Waals surface area contributed by atoms with Crippen molar-refractivity contribution in [2.45, 2.75) is 19.3 Å². The molecule has 3 rings (SSSR count). The van der Waals surface area contributed by atoms with Crippen LogP contribution in [0.25, 0.3) is 0 Å². The van der Waals surface area contributed by atoms with Crippen LogP contribution in [0.15, 0.2) is 65.7 Å². The molecule has 3 heteroatoms. The Bertz CT molecular complexity index is 524. The molecule has 2 aromatic rings. The minimum absolute atomic E-state index is 0.930. The van der Waals surface area contributed by atoms with Crippen molar-refractivity contribution in [3.63, 3.8) is 0 Å². The average molecular weight is 265 g/mol. The lowest BCUT2D eigenvalue weighted by atomic mass is 10.2. The van der Waals surface area contributed by atoms with Crippen molar-refractivity contribution in [3.8, 4) is 0 Å². The summed E-state index contributed by atoms with van der Waals surface area (Å²) in [5.74, 6) is 1.07. The Balaban J connectivity index is 1.89. The van der Waals surface area contributed by atoms with Crippen LogP contribution >= 0.6 is 0 Å². The summed E-state index contributed by atoms with van der Waals surface area (Å²) in [4.78, 5) is 4.58. The van der Waals surface area contributed by atoms with Crippen LogP contribution in [0, 0.1) is 0 Å². The van der Waals surface area contributed by atoms with Crippen molar-refractivity contribution in [1.82, 2.24) is 5.43 Å². The van der Waals surface area contributed by atoms with Crippen LogP contribution in [0.5, 0.6) is 0 Å². The summed E-state index contributed by atoms with van der Waals surface area (Å²) >= 11 is 0. The molecule has 0 saturated carbocycles. The lowest BCUT2D eigenvalue weighted by Crippen LogP contribution is -2.39. The fourth-order valence-electron chi connectivity index (χ4n) is 2.35. The molecule has 0 atom stereocenters. The second kappa shape index (κ2) is 6.24. The van der Waals surface area contributed by atoms with Gasteiger partial charge in [0.25, 0.3) is 0 Å². The third-order valence-corrected chi connectivity index (χ3v) is 3.39. The van der Waals surface area contributed by atoms with E-state index in [1.807, 2.05) is 12.1 Å². The fraction of sp³-hybridized carbons (Fsp3) is 0.235. The molecule has 0 unspecified atom stereocenters. The third-order valence-electron chi connectivity index (χ3n) is 3.39. The summed E-state index contributed by atoms with van der Waals surface area (Å²) in [6.07, 6.45) is 3.43. The predicted molar refractivity (Wildman–Crippen MR) is 84.3 cm³/mol. The number of aliphatic imine (C=N–C) groups is 1. The summed E-state index contributed by atoms with van der Waals surface area (Å²) < 4.78 is 0. The monoisotopic (exact) mass is 265 g/mol. The first-order chi connectivity index (χ1) is 9.93. The number of hydrogen-bond donors (Lipinski definition) is 1. The molecule has 0 saturated heterocycles. The lowest BCUT2D eigenvalue weighted by Gasteiger charge is -2.28. The van der Waals surface area contributed by atoms with Gasteiger partial charge in [-0.3, -0.25) is 15.4 Å². The van der Waals surface area contributed by atoms with Crippen molar-refractivity contribution < 1.29 is 0 Å². The van der Waals surface area contributed by atoms with Gasteiger partial charge in [0.15, 0.2) is 0 Å². The average Bonchev–Trinajstić information content (AvgIpc) is 2.55. The number of nitrogens with one attached hydrogen (secondary N) is 1. The van der Waals surface area contributed by atoms with Crippen LogP contribution in [0.4, 0.5) is 11.4 Å². The van der Waals surface area contributed by atoms with Gasteiger partial charge in [-0.25, -0.2) is 0 Å². The molecule has 0 aromatic heterocycles. The van der Waals surface area contributed by atoms with Crippen molar-refractivity contribution in [3.05, 3.63) is 60.7 Å². The van der Waals surface area contributed by atoms with Crippen molar-refractivity contribution in [1.29, 1.82) is 0 Å². The molecular formula is C17H19N3. The molecule has 1 N–H and O–H groups in total. The van der Waals surface area contributed by atoms with Gasteiger partial charge in [-0.15, -0.1) is 0 Å². The SMILES string of the molecule is c1ccc(N(NC2=NCCCC2)c2ccccc2)cc1. The Labute approximate surface area is 119 Å². The first-order valence-corrected chi connectivity index (χ1v) is 7.14. The van der Waals surface area contributed by atoms with E-state index in [9.17, 15) is 0 Å². The first-order valence-electron chi connectivity index (χ1n) is 7.14. The van der Waals surface area contributed by atoms with Gasteiger partial charge >= 0.3 is 0 Å². The maximum Gasteiger partial charge on any atom is 0.115 e. The van der Waals surface area contributed by atoms with E-state index < -0.39 is 0 Å². The third kappa shape index (κ3) is 2.99. The van der Waals surface area contributed by atoms with Gasteiger partial charge in [-0.1, -0.05) is 36.4 Å². The fourth-order valence-corrected chi connectivity index (χ4v) is 2.35. The number of nitrogens with zero attached hydrogens (tertiary/aromatic N) is 2. The Kier molecular flexibility index (Phi) is 3.97. The highest BCUT2D eigenvalue weighted by molar-refractivity contribution is 5.86. The molecule has 0 radical (unpaired) electrons. The second-order valence-corrected chi connectivity index (χ2v) is 4.90. The van der Waals surface area contributed by atoms with Crippen LogP contribution in [-0.4, -0.2) is 12.4 Å². The number of amidine groups is 1. The molecule has 102 valence electrons. The van der Waals surface area contributed by atoms with E-state index in [-0.39, 0.29) is 0 Å². The second-order valence-electron chi connectivity index (χ2n) is 4.90. The van der Waals surface area contributed by atoms with E-state index in [4.69, 9.17) is 0 Å². The van der Waals surface area contributed by atoms with Gasteiger partial charge in [-0.2, -0.15) is 0 Å². The largest absolute Gasteiger partial charge is 0.281 e. The topological polar surface area (TPSA) is 27.6 Å². The molecular weight excluding hydrogens is 246 g/mol. The van der Waals surface area contributed by atoms with Crippen LogP contribution < -0.4 is 10.4 Å². The van der Waals surface area contributed by atoms with Crippen LogP contribution in [0.1, 0.15) is 19.3 Å². The smallest absolute Gasteiger partial charge is 0.115 e. The zero-order chi connectivity index (χ0) is 13.6. The summed E-state index contributed by atoms with van der Waals surface area (Å²) in [6, 6.07) is 20.7. The predicted octanol–water partition coefficient (Wildman–Crippen LogP) is 3.91. The molecule has 0 spiro atoms. The number of rotatable bonds is 3. The van der Waals surface area contributed by atoms with Gasteiger partial charge < -0.3 is 0 Å². The highest BCUT2D eigenvalue weighted by Gasteiger charge is 2.12. The van der Waals surface area contributed by atoms with E-state index in [1.54, 1.807) is 0 Å². The van der Waals surface area contributed by atoms with E-state index in [1.165, 1.54) is 12.8 Å². The molecule has 1 heterocycles. The molecule has 0 amide bonds. The highest BCUT2D eigenvalue weighted by atomic mass is 15.5. The van der Waals surface area contributed by atoms with Gasteiger partial charge in [-0.05, 0) is 37.1 Å². The van der Waals surface area contributed by atoms with E-state index >= 15 is 0 Å². The maximum atomic E-state index is 4.58. The maximum absolute atomic E-state index is 4.58. The van der Waals surface area contributed by atoms with Gasteiger partial charge in [0, 0.05) is 13.0 Å². The summed E-state index contributed by atoms with van der Waals surface area (Å²) in [7, 11) is 0. The van der Waals surface area contributed by atoms with E-state index in [0.717, 1.165) is 30.2 Å². The van der Waals surface area contributed by atoms with E-state index in [0.29, 0.717) is 0 Å². The number of anilines is 2. The Hall–Kier alpha value is -2.29. The van der Waals surface area contributed by atoms with Crippen LogP contribution in [-0.2, 0) is 0 Å². The van der Waals surface area contributed by atoms with Crippen molar-refractivity contribution in [2.75, 3.05) is 11.6 Å². The molecule has 3 nitrogen and oxygen atoms in total. The van der Waals surface area contributed by atoms with Gasteiger partial charge in [0.2, 0.25) is 0 Å².